The molecule has 0 bridgehead atoms. The monoisotopic (exact) mass is 521 g/mol. The zero-order valence-electron chi connectivity index (χ0n) is 22.0. The minimum atomic E-state index is -2.04. The van der Waals surface area contributed by atoms with Gasteiger partial charge in [-0.1, -0.05) is 25.5 Å². The van der Waals surface area contributed by atoms with E-state index in [1.54, 1.807) is 26.8 Å². The Morgan fingerprint density at radius 2 is 1.92 bits per heavy atom. The van der Waals surface area contributed by atoms with Gasteiger partial charge in [0.25, 0.3) is 0 Å². The average Bonchev–Trinajstić information content (AvgIpc) is 3.05. The summed E-state index contributed by atoms with van der Waals surface area (Å²) < 4.78 is 27.2. The molecule has 4 aliphatic carbocycles. The minimum Gasteiger partial charge on any atom is -0.434 e. The molecule has 0 aliphatic heterocycles. The SMILES string of the molecule is C[C@H]1C[C@H]2[C@@H]3CCC4=CC(=O)C=C[C@]4(C)[C@@]3(F)[C@@H](O)C[C@]2(C)[C@@]1(O)C(=O)COC(=O)OCCCCCN. The first-order valence-corrected chi connectivity index (χ1v) is 13.4. The Bertz CT molecular complexity index is 1010. The van der Waals surface area contributed by atoms with Gasteiger partial charge in [0.1, 0.15) is 5.60 Å². The van der Waals surface area contributed by atoms with E-state index >= 15 is 4.39 Å². The van der Waals surface area contributed by atoms with Gasteiger partial charge >= 0.3 is 6.16 Å². The molecule has 37 heavy (non-hydrogen) atoms. The number of nitrogens with two attached hydrogens (primary N) is 1. The van der Waals surface area contributed by atoms with Crippen molar-refractivity contribution in [3.05, 3.63) is 23.8 Å². The quantitative estimate of drug-likeness (QED) is 0.327. The van der Waals surface area contributed by atoms with Crippen LogP contribution in [0, 0.1) is 28.6 Å². The third kappa shape index (κ3) is 4.08. The Hall–Kier alpha value is -2.10. The van der Waals surface area contributed by atoms with Gasteiger partial charge in [-0.15, -0.1) is 0 Å². The molecular weight excluding hydrogens is 481 g/mol. The number of allylic oxidation sites excluding steroid dienone is 4. The number of carbonyl (C=O) groups is 3. The summed E-state index contributed by atoms with van der Waals surface area (Å²) in [4.78, 5) is 37.4. The van der Waals surface area contributed by atoms with Gasteiger partial charge in [-0.2, -0.15) is 0 Å². The molecule has 0 aromatic rings. The maximum atomic E-state index is 17.2. The first kappa shape index (κ1) is 27.9. The average molecular weight is 522 g/mol. The van der Waals surface area contributed by atoms with Crippen LogP contribution >= 0.6 is 0 Å². The first-order chi connectivity index (χ1) is 17.4. The molecule has 4 aliphatic rings. The molecule has 0 aromatic carbocycles. The van der Waals surface area contributed by atoms with Crippen molar-refractivity contribution < 1.29 is 38.5 Å². The normalized spacial score (nSPS) is 42.4. The number of hydrogen-bond acceptors (Lipinski definition) is 8. The second-order valence-corrected chi connectivity index (χ2v) is 11.8. The van der Waals surface area contributed by atoms with Gasteiger partial charge in [-0.3, -0.25) is 9.59 Å². The molecule has 0 amide bonds. The van der Waals surface area contributed by atoms with Gasteiger partial charge in [0.05, 0.1) is 12.7 Å². The summed E-state index contributed by atoms with van der Waals surface area (Å²) in [5.41, 5.74) is -0.103. The molecule has 4 rings (SSSR count). The van der Waals surface area contributed by atoms with Crippen LogP contribution in [0.15, 0.2) is 23.8 Å². The topological polar surface area (TPSA) is 136 Å². The van der Waals surface area contributed by atoms with Crippen molar-refractivity contribution in [1.29, 1.82) is 0 Å². The zero-order valence-corrected chi connectivity index (χ0v) is 22.0. The Morgan fingerprint density at radius 3 is 2.62 bits per heavy atom. The lowest BCUT2D eigenvalue weighted by molar-refractivity contribution is -0.219. The zero-order chi connectivity index (χ0) is 27.2. The highest BCUT2D eigenvalue weighted by molar-refractivity contribution is 6.01. The number of alkyl halides is 1. The number of Topliss-reactive ketones (excluding diaryl/α,β-unsaturated/α-hetero) is 1. The molecule has 8 nitrogen and oxygen atoms in total. The van der Waals surface area contributed by atoms with Crippen LogP contribution in [0.1, 0.15) is 65.7 Å². The molecule has 8 atom stereocenters. The third-order valence-electron chi connectivity index (χ3n) is 10.0. The van der Waals surface area contributed by atoms with Gasteiger partial charge < -0.3 is 25.4 Å². The molecule has 206 valence electrons. The van der Waals surface area contributed by atoms with Crippen LogP contribution < -0.4 is 5.73 Å². The van der Waals surface area contributed by atoms with Crippen LogP contribution in [-0.2, 0) is 19.1 Å². The highest BCUT2D eigenvalue weighted by Gasteiger charge is 2.75. The highest BCUT2D eigenvalue weighted by Crippen LogP contribution is 2.70. The molecule has 0 aromatic heterocycles. The molecule has 3 fully saturated rings. The van der Waals surface area contributed by atoms with Crippen molar-refractivity contribution in [3.63, 3.8) is 0 Å². The number of ketones is 2. The number of unbranched alkanes of at least 4 members (excludes halogenated alkanes) is 2. The lowest BCUT2D eigenvalue weighted by atomic mass is 9.44. The maximum Gasteiger partial charge on any atom is 0.508 e. The number of carbonyl (C=O) groups excluding carboxylic acids is 3. The fourth-order valence-electron chi connectivity index (χ4n) is 8.00. The number of hydrogen-bond donors (Lipinski definition) is 3. The molecule has 0 spiro atoms. The first-order valence-electron chi connectivity index (χ1n) is 13.4. The predicted molar refractivity (Wildman–Crippen MR) is 133 cm³/mol. The van der Waals surface area contributed by atoms with Gasteiger partial charge in [0.15, 0.2) is 18.1 Å². The number of fused-ring (bicyclic) bond motifs is 5. The van der Waals surface area contributed by atoms with E-state index in [2.05, 4.69) is 0 Å². The van der Waals surface area contributed by atoms with Gasteiger partial charge in [-0.25, -0.2) is 9.18 Å². The lowest BCUT2D eigenvalue weighted by Crippen LogP contribution is -2.69. The molecule has 0 saturated heterocycles. The molecule has 0 heterocycles. The van der Waals surface area contributed by atoms with E-state index in [-0.39, 0.29) is 24.7 Å². The van der Waals surface area contributed by atoms with Crippen molar-refractivity contribution in [3.8, 4) is 0 Å². The number of ether oxygens (including phenoxy) is 2. The van der Waals surface area contributed by atoms with Crippen molar-refractivity contribution in [2.45, 2.75) is 83.1 Å². The van der Waals surface area contributed by atoms with E-state index in [1.165, 1.54) is 12.2 Å². The largest absolute Gasteiger partial charge is 0.508 e. The van der Waals surface area contributed by atoms with E-state index in [4.69, 9.17) is 15.2 Å². The smallest absolute Gasteiger partial charge is 0.434 e. The molecule has 0 unspecified atom stereocenters. The molecule has 9 heteroatoms. The summed E-state index contributed by atoms with van der Waals surface area (Å²) in [5, 5.41) is 23.3. The Labute approximate surface area is 217 Å². The number of rotatable bonds is 8. The van der Waals surface area contributed by atoms with E-state index in [0.29, 0.717) is 37.8 Å². The lowest BCUT2D eigenvalue weighted by Gasteiger charge is -2.62. The van der Waals surface area contributed by atoms with Crippen LogP contribution in [0.4, 0.5) is 9.18 Å². The standard InChI is InChI=1S/C28H40FNO7/c1-17-13-21-20-8-7-18-14-19(31)9-10-25(18,2)27(20,29)22(32)15-26(21,3)28(17,35)23(33)16-37-24(34)36-12-6-4-5-11-30/h9-10,14,17,20-22,32,35H,4-8,11-13,15-16,30H2,1-3H3/t17-,20-,21-,22-,25-,26-,27-,28-/m0/s1. The van der Waals surface area contributed by atoms with Crippen LogP contribution in [0.3, 0.4) is 0 Å². The van der Waals surface area contributed by atoms with Crippen LogP contribution in [0.25, 0.3) is 0 Å². The Kier molecular flexibility index (Phi) is 7.47. The number of halogens is 1. The van der Waals surface area contributed by atoms with E-state index < -0.39 is 58.6 Å². The van der Waals surface area contributed by atoms with Gasteiger partial charge in [0.2, 0.25) is 5.78 Å². The summed E-state index contributed by atoms with van der Waals surface area (Å²) in [7, 11) is 0. The number of aliphatic hydroxyl groups is 2. The summed E-state index contributed by atoms with van der Waals surface area (Å²) >= 11 is 0. The fraction of sp³-hybridized carbons (Fsp3) is 0.750. The Balaban J connectivity index is 1.52. The van der Waals surface area contributed by atoms with E-state index in [9.17, 15) is 24.6 Å². The van der Waals surface area contributed by atoms with E-state index in [0.717, 1.165) is 12.8 Å². The van der Waals surface area contributed by atoms with Crippen molar-refractivity contribution in [1.82, 2.24) is 0 Å². The second-order valence-electron chi connectivity index (χ2n) is 11.8. The van der Waals surface area contributed by atoms with Crippen molar-refractivity contribution >= 4 is 17.7 Å². The van der Waals surface area contributed by atoms with Crippen molar-refractivity contribution in [2.24, 2.45) is 34.3 Å². The number of aliphatic hydroxyl groups excluding tert-OH is 1. The molecule has 0 radical (unpaired) electrons. The summed E-state index contributed by atoms with van der Waals surface area (Å²) in [6.07, 6.45) is 5.39. The van der Waals surface area contributed by atoms with Crippen molar-refractivity contribution in [2.75, 3.05) is 19.8 Å². The Morgan fingerprint density at radius 1 is 1.19 bits per heavy atom. The van der Waals surface area contributed by atoms with Gasteiger partial charge in [0, 0.05) is 16.7 Å². The van der Waals surface area contributed by atoms with Crippen LogP contribution in [-0.4, -0.2) is 65.1 Å². The molecular formula is C28H40FNO7. The van der Waals surface area contributed by atoms with E-state index in [1.807, 2.05) is 0 Å². The fourth-order valence-corrected chi connectivity index (χ4v) is 8.00. The minimum absolute atomic E-state index is 0.131. The maximum absolute atomic E-state index is 17.2. The second kappa shape index (κ2) is 9.89. The summed E-state index contributed by atoms with van der Waals surface area (Å²) in [6, 6.07) is 0. The van der Waals surface area contributed by atoms with Crippen LogP contribution in [0.5, 0.6) is 0 Å². The predicted octanol–water partition coefficient (Wildman–Crippen LogP) is 3.19. The third-order valence-corrected chi connectivity index (χ3v) is 10.0. The highest BCUT2D eigenvalue weighted by atomic mass is 19.1. The molecule has 3 saturated carbocycles. The summed E-state index contributed by atoms with van der Waals surface area (Å²) in [6.45, 7) is 5.26. The van der Waals surface area contributed by atoms with Crippen LogP contribution in [0.2, 0.25) is 0 Å². The summed E-state index contributed by atoms with van der Waals surface area (Å²) in [5.74, 6) is -2.40. The van der Waals surface area contributed by atoms with Gasteiger partial charge in [-0.05, 0) is 82.4 Å². The molecule has 4 N–H and O–H groups in total.